The zero-order valence-electron chi connectivity index (χ0n) is 14.2. The van der Waals surface area contributed by atoms with Crippen LogP contribution in [0.4, 0.5) is 0 Å². The molecule has 1 aliphatic rings. The molecule has 0 aromatic heterocycles. The molecule has 0 radical (unpaired) electrons. The number of amides is 1. The summed E-state index contributed by atoms with van der Waals surface area (Å²) in [5, 5.41) is 0. The van der Waals surface area contributed by atoms with Gasteiger partial charge in [-0.2, -0.15) is 0 Å². The number of carbonyl (C=O) groups is 1. The highest BCUT2D eigenvalue weighted by Crippen LogP contribution is 2.30. The number of nitrogens with zero attached hydrogens (tertiary/aromatic N) is 1. The Balaban J connectivity index is 1.97. The Hall–Kier alpha value is -1.51. The summed E-state index contributed by atoms with van der Waals surface area (Å²) in [5.41, 5.74) is 1.32. The Bertz CT molecular complexity index is 463. The largest absolute Gasteiger partial charge is 0.497 e. The van der Waals surface area contributed by atoms with Crippen molar-refractivity contribution in [1.29, 1.82) is 0 Å². The van der Waals surface area contributed by atoms with Gasteiger partial charge in [0.05, 0.1) is 7.11 Å². The summed E-state index contributed by atoms with van der Waals surface area (Å²) < 4.78 is 5.21. The highest BCUT2D eigenvalue weighted by atomic mass is 16.5. The number of likely N-dealkylation sites (tertiary alicyclic amines) is 1. The Morgan fingerprint density at radius 2 is 1.86 bits per heavy atom. The average Bonchev–Trinajstić information content (AvgIpc) is 3.04. The molecule has 0 saturated carbocycles. The van der Waals surface area contributed by atoms with E-state index < -0.39 is 0 Å². The molecule has 1 atom stereocenters. The zero-order chi connectivity index (χ0) is 15.9. The number of hydrogen-bond acceptors (Lipinski definition) is 2. The molecule has 0 aliphatic carbocycles. The fourth-order valence-electron chi connectivity index (χ4n) is 3.46. The minimum atomic E-state index is 0.226. The average molecular weight is 303 g/mol. The predicted molar refractivity (Wildman–Crippen MR) is 90.2 cm³/mol. The molecular formula is C19H29NO2. The van der Waals surface area contributed by atoms with Crippen molar-refractivity contribution in [2.75, 3.05) is 20.2 Å². The Morgan fingerprint density at radius 3 is 2.41 bits per heavy atom. The Labute approximate surface area is 134 Å². The van der Waals surface area contributed by atoms with Crippen molar-refractivity contribution in [3.63, 3.8) is 0 Å². The van der Waals surface area contributed by atoms with E-state index in [2.05, 4.69) is 30.9 Å². The molecule has 22 heavy (non-hydrogen) atoms. The standard InChI is InChI=1S/C19H29NO2/c1-4-6-16(7-5-2)19(21)20-13-12-17(14-20)15-8-10-18(22-3)11-9-15/h8-11,16-17H,4-7,12-14H2,1-3H3. The first-order chi connectivity index (χ1) is 10.7. The van der Waals surface area contributed by atoms with Gasteiger partial charge in [0.15, 0.2) is 0 Å². The third kappa shape index (κ3) is 4.02. The Kier molecular flexibility index (Phi) is 6.29. The predicted octanol–water partition coefficient (Wildman–Crippen LogP) is 4.23. The molecule has 3 heteroatoms. The fraction of sp³-hybridized carbons (Fsp3) is 0.632. The minimum Gasteiger partial charge on any atom is -0.497 e. The first-order valence-electron chi connectivity index (χ1n) is 8.62. The number of ether oxygens (including phenoxy) is 1. The van der Waals surface area contributed by atoms with E-state index in [1.807, 2.05) is 12.1 Å². The van der Waals surface area contributed by atoms with Gasteiger partial charge in [-0.25, -0.2) is 0 Å². The third-order valence-electron chi connectivity index (χ3n) is 4.71. The van der Waals surface area contributed by atoms with Crippen molar-refractivity contribution in [1.82, 2.24) is 4.90 Å². The van der Waals surface area contributed by atoms with E-state index in [4.69, 9.17) is 4.74 Å². The van der Waals surface area contributed by atoms with Gasteiger partial charge in [-0.05, 0) is 37.0 Å². The topological polar surface area (TPSA) is 29.5 Å². The first kappa shape index (κ1) is 16.9. The van der Waals surface area contributed by atoms with Gasteiger partial charge in [-0.1, -0.05) is 38.8 Å². The third-order valence-corrected chi connectivity index (χ3v) is 4.71. The van der Waals surface area contributed by atoms with Crippen LogP contribution in [0.2, 0.25) is 0 Å². The van der Waals surface area contributed by atoms with Crippen molar-refractivity contribution in [3.05, 3.63) is 29.8 Å². The maximum atomic E-state index is 12.7. The lowest BCUT2D eigenvalue weighted by Crippen LogP contribution is -2.34. The molecule has 0 spiro atoms. The van der Waals surface area contributed by atoms with Crippen LogP contribution in [0.5, 0.6) is 5.75 Å². The second kappa shape index (κ2) is 8.21. The lowest BCUT2D eigenvalue weighted by Gasteiger charge is -2.23. The molecule has 2 rings (SSSR count). The van der Waals surface area contributed by atoms with Crippen LogP contribution in [0, 0.1) is 5.92 Å². The highest BCUT2D eigenvalue weighted by molar-refractivity contribution is 5.79. The molecule has 1 aromatic rings. The number of hydrogen-bond donors (Lipinski definition) is 0. The smallest absolute Gasteiger partial charge is 0.225 e. The van der Waals surface area contributed by atoms with Crippen molar-refractivity contribution in [3.8, 4) is 5.75 Å². The van der Waals surface area contributed by atoms with E-state index in [1.165, 1.54) is 5.56 Å². The summed E-state index contributed by atoms with van der Waals surface area (Å²) in [7, 11) is 1.69. The number of methoxy groups -OCH3 is 1. The maximum absolute atomic E-state index is 12.7. The normalized spacial score (nSPS) is 18.0. The van der Waals surface area contributed by atoms with Crippen LogP contribution < -0.4 is 4.74 Å². The second-order valence-corrected chi connectivity index (χ2v) is 6.32. The molecule has 1 aliphatic heterocycles. The first-order valence-corrected chi connectivity index (χ1v) is 8.62. The van der Waals surface area contributed by atoms with Gasteiger partial charge >= 0.3 is 0 Å². The van der Waals surface area contributed by atoms with Crippen LogP contribution in [-0.4, -0.2) is 31.0 Å². The summed E-state index contributed by atoms with van der Waals surface area (Å²) in [5.74, 6) is 1.96. The van der Waals surface area contributed by atoms with Crippen molar-refractivity contribution in [2.24, 2.45) is 5.92 Å². The molecule has 1 heterocycles. The van der Waals surface area contributed by atoms with E-state index >= 15 is 0 Å². The van der Waals surface area contributed by atoms with Crippen LogP contribution in [-0.2, 0) is 4.79 Å². The van der Waals surface area contributed by atoms with E-state index in [0.717, 1.165) is 50.9 Å². The molecular weight excluding hydrogens is 274 g/mol. The van der Waals surface area contributed by atoms with E-state index in [-0.39, 0.29) is 5.92 Å². The van der Waals surface area contributed by atoms with Crippen LogP contribution in [0.3, 0.4) is 0 Å². The molecule has 0 bridgehead atoms. The minimum absolute atomic E-state index is 0.226. The second-order valence-electron chi connectivity index (χ2n) is 6.32. The maximum Gasteiger partial charge on any atom is 0.225 e. The summed E-state index contributed by atoms with van der Waals surface area (Å²) in [6.07, 6.45) is 5.30. The van der Waals surface area contributed by atoms with Crippen molar-refractivity contribution < 1.29 is 9.53 Å². The monoisotopic (exact) mass is 303 g/mol. The summed E-state index contributed by atoms with van der Waals surface area (Å²) in [4.78, 5) is 14.8. The van der Waals surface area contributed by atoms with Gasteiger partial charge in [0.2, 0.25) is 5.91 Å². The van der Waals surface area contributed by atoms with Crippen molar-refractivity contribution in [2.45, 2.75) is 51.9 Å². The van der Waals surface area contributed by atoms with Crippen molar-refractivity contribution >= 4 is 5.91 Å². The van der Waals surface area contributed by atoms with Crippen LogP contribution in [0.25, 0.3) is 0 Å². The zero-order valence-corrected chi connectivity index (χ0v) is 14.2. The van der Waals surface area contributed by atoms with Crippen LogP contribution in [0.15, 0.2) is 24.3 Å². The number of benzene rings is 1. The van der Waals surface area contributed by atoms with Crippen LogP contribution in [0.1, 0.15) is 57.4 Å². The quantitative estimate of drug-likeness (QED) is 0.754. The molecule has 1 aromatic carbocycles. The van der Waals surface area contributed by atoms with Gasteiger partial charge < -0.3 is 9.64 Å². The fourth-order valence-corrected chi connectivity index (χ4v) is 3.46. The molecule has 1 amide bonds. The molecule has 3 nitrogen and oxygen atoms in total. The van der Waals surface area contributed by atoms with E-state index in [0.29, 0.717) is 11.8 Å². The Morgan fingerprint density at radius 1 is 1.23 bits per heavy atom. The number of rotatable bonds is 7. The molecule has 1 fully saturated rings. The molecule has 1 unspecified atom stereocenters. The molecule has 1 saturated heterocycles. The lowest BCUT2D eigenvalue weighted by molar-refractivity contribution is -0.135. The number of carbonyl (C=O) groups excluding carboxylic acids is 1. The van der Waals surface area contributed by atoms with Gasteiger partial charge in [0.1, 0.15) is 5.75 Å². The lowest BCUT2D eigenvalue weighted by atomic mass is 9.96. The van der Waals surface area contributed by atoms with Crippen LogP contribution >= 0.6 is 0 Å². The van der Waals surface area contributed by atoms with Gasteiger partial charge in [-0.15, -0.1) is 0 Å². The van der Waals surface area contributed by atoms with Gasteiger partial charge in [0, 0.05) is 24.9 Å². The van der Waals surface area contributed by atoms with E-state index in [9.17, 15) is 4.79 Å². The summed E-state index contributed by atoms with van der Waals surface area (Å²) in [6, 6.07) is 8.29. The summed E-state index contributed by atoms with van der Waals surface area (Å²) >= 11 is 0. The van der Waals surface area contributed by atoms with Gasteiger partial charge in [-0.3, -0.25) is 4.79 Å². The van der Waals surface area contributed by atoms with Gasteiger partial charge in [0.25, 0.3) is 0 Å². The van der Waals surface area contributed by atoms with E-state index in [1.54, 1.807) is 7.11 Å². The SMILES string of the molecule is CCCC(CCC)C(=O)N1CCC(c2ccc(OC)cc2)C1. The summed E-state index contributed by atoms with van der Waals surface area (Å²) in [6.45, 7) is 6.11. The molecule has 122 valence electrons. The molecule has 0 N–H and O–H groups in total. The highest BCUT2D eigenvalue weighted by Gasteiger charge is 2.30.